The number of ether oxygens (including phenoxy) is 1. The zero-order valence-corrected chi connectivity index (χ0v) is 17.2. The fourth-order valence-electron chi connectivity index (χ4n) is 2.55. The molecule has 0 aliphatic heterocycles. The predicted molar refractivity (Wildman–Crippen MR) is 105 cm³/mol. The van der Waals surface area contributed by atoms with Crippen LogP contribution in [0.2, 0.25) is 0 Å². The highest BCUT2D eigenvalue weighted by Gasteiger charge is 2.21. The molecule has 148 valence electrons. The molecule has 2 aromatic rings. The van der Waals surface area contributed by atoms with Crippen LogP contribution in [0.15, 0.2) is 12.3 Å². The average molecular weight is 374 g/mol. The number of rotatable bonds is 7. The molecule has 2 heterocycles. The lowest BCUT2D eigenvalue weighted by molar-refractivity contribution is -0.125. The highest BCUT2D eigenvalue weighted by atomic mass is 16.5. The van der Waals surface area contributed by atoms with Crippen LogP contribution in [-0.2, 0) is 9.53 Å². The van der Waals surface area contributed by atoms with Gasteiger partial charge in [-0.05, 0) is 38.7 Å². The first kappa shape index (κ1) is 20.9. The number of nitrogens with zero attached hydrogens (tertiary/aromatic N) is 3. The van der Waals surface area contributed by atoms with Gasteiger partial charge in [0.1, 0.15) is 0 Å². The third-order valence-corrected chi connectivity index (χ3v) is 4.61. The summed E-state index contributed by atoms with van der Waals surface area (Å²) < 4.78 is 7.05. The van der Waals surface area contributed by atoms with Crippen molar-refractivity contribution >= 4 is 22.9 Å². The van der Waals surface area contributed by atoms with Gasteiger partial charge in [-0.1, -0.05) is 27.7 Å². The summed E-state index contributed by atoms with van der Waals surface area (Å²) in [7, 11) is 0. The monoisotopic (exact) mass is 374 g/mol. The van der Waals surface area contributed by atoms with Crippen molar-refractivity contribution in [1.29, 1.82) is 0 Å². The second-order valence-electron chi connectivity index (χ2n) is 7.85. The van der Waals surface area contributed by atoms with E-state index in [1.54, 1.807) is 16.9 Å². The molecule has 1 atom stereocenters. The van der Waals surface area contributed by atoms with E-state index in [1.165, 1.54) is 0 Å². The van der Waals surface area contributed by atoms with E-state index in [4.69, 9.17) is 4.74 Å². The lowest BCUT2D eigenvalue weighted by Crippen LogP contribution is -2.38. The van der Waals surface area contributed by atoms with E-state index in [0.29, 0.717) is 22.5 Å². The molecule has 7 heteroatoms. The van der Waals surface area contributed by atoms with Crippen LogP contribution in [0.3, 0.4) is 0 Å². The number of esters is 1. The molecule has 0 radical (unpaired) electrons. The molecular formula is C20H30N4O3. The van der Waals surface area contributed by atoms with Crippen LogP contribution in [-0.4, -0.2) is 39.3 Å². The number of nitrogens with one attached hydrogen (secondary N) is 1. The fraction of sp³-hybridized carbons (Fsp3) is 0.600. The van der Waals surface area contributed by atoms with Gasteiger partial charge in [0.15, 0.2) is 12.3 Å². The predicted octanol–water partition coefficient (Wildman–Crippen LogP) is 3.45. The van der Waals surface area contributed by atoms with Crippen LogP contribution in [0.1, 0.15) is 76.5 Å². The van der Waals surface area contributed by atoms with Crippen molar-refractivity contribution in [2.24, 2.45) is 5.92 Å². The normalized spacial score (nSPS) is 12.8. The minimum Gasteiger partial charge on any atom is -0.452 e. The van der Waals surface area contributed by atoms with Crippen molar-refractivity contribution in [3.63, 3.8) is 0 Å². The van der Waals surface area contributed by atoms with E-state index in [2.05, 4.69) is 15.4 Å². The SMILES string of the molecule is CC(C)c1cc(C(=O)OCC(=O)N[C@@H](C)C(C)C)c2cnn(C(C)C)c2n1. The molecule has 0 bridgehead atoms. The summed E-state index contributed by atoms with van der Waals surface area (Å²) in [6, 6.07) is 1.86. The molecule has 0 saturated carbocycles. The maximum Gasteiger partial charge on any atom is 0.339 e. The van der Waals surface area contributed by atoms with Crippen LogP contribution < -0.4 is 5.32 Å². The van der Waals surface area contributed by atoms with E-state index in [-0.39, 0.29) is 30.5 Å². The molecular weight excluding hydrogens is 344 g/mol. The minimum absolute atomic E-state index is 0.0145. The maximum absolute atomic E-state index is 12.7. The van der Waals surface area contributed by atoms with E-state index in [0.717, 1.165) is 5.69 Å². The maximum atomic E-state index is 12.7. The summed E-state index contributed by atoms with van der Waals surface area (Å²) >= 11 is 0. The molecule has 1 amide bonds. The van der Waals surface area contributed by atoms with Gasteiger partial charge in [0.05, 0.1) is 17.1 Å². The Morgan fingerprint density at radius 3 is 2.37 bits per heavy atom. The molecule has 0 fully saturated rings. The number of hydrogen-bond donors (Lipinski definition) is 1. The Hall–Kier alpha value is -2.44. The van der Waals surface area contributed by atoms with Gasteiger partial charge in [-0.2, -0.15) is 5.10 Å². The van der Waals surface area contributed by atoms with Gasteiger partial charge in [0.2, 0.25) is 0 Å². The number of pyridine rings is 1. The quantitative estimate of drug-likeness (QED) is 0.750. The topological polar surface area (TPSA) is 86.1 Å². The molecule has 7 nitrogen and oxygen atoms in total. The van der Waals surface area contributed by atoms with E-state index in [9.17, 15) is 9.59 Å². The number of carbonyl (C=O) groups excluding carboxylic acids is 2. The van der Waals surface area contributed by atoms with Crippen molar-refractivity contribution in [2.45, 2.75) is 66.5 Å². The first-order valence-electron chi connectivity index (χ1n) is 9.46. The van der Waals surface area contributed by atoms with Gasteiger partial charge in [-0.25, -0.2) is 14.5 Å². The average Bonchev–Trinajstić information content (AvgIpc) is 3.02. The molecule has 0 aromatic carbocycles. The Labute approximate surface area is 160 Å². The number of aromatic nitrogens is 3. The zero-order chi connectivity index (χ0) is 20.3. The molecule has 0 aliphatic rings. The van der Waals surface area contributed by atoms with E-state index in [1.807, 2.05) is 48.5 Å². The van der Waals surface area contributed by atoms with Crippen LogP contribution in [0, 0.1) is 5.92 Å². The van der Waals surface area contributed by atoms with Crippen LogP contribution >= 0.6 is 0 Å². The second-order valence-corrected chi connectivity index (χ2v) is 7.85. The van der Waals surface area contributed by atoms with Crippen molar-refractivity contribution in [3.8, 4) is 0 Å². The fourth-order valence-corrected chi connectivity index (χ4v) is 2.55. The van der Waals surface area contributed by atoms with Gasteiger partial charge >= 0.3 is 5.97 Å². The van der Waals surface area contributed by atoms with Crippen molar-refractivity contribution in [1.82, 2.24) is 20.1 Å². The molecule has 1 N–H and O–H groups in total. The van der Waals surface area contributed by atoms with Gasteiger partial charge in [-0.15, -0.1) is 0 Å². The van der Waals surface area contributed by atoms with Crippen LogP contribution in [0.5, 0.6) is 0 Å². The van der Waals surface area contributed by atoms with Gasteiger partial charge in [0.25, 0.3) is 5.91 Å². The summed E-state index contributed by atoms with van der Waals surface area (Å²) in [4.78, 5) is 29.3. The summed E-state index contributed by atoms with van der Waals surface area (Å²) in [5.74, 6) is -0.400. The Bertz CT molecular complexity index is 824. The molecule has 0 unspecified atom stereocenters. The lowest BCUT2D eigenvalue weighted by Gasteiger charge is -2.17. The third kappa shape index (κ3) is 4.84. The Morgan fingerprint density at radius 2 is 1.81 bits per heavy atom. The molecule has 0 aliphatic carbocycles. The Morgan fingerprint density at radius 1 is 1.15 bits per heavy atom. The molecule has 0 spiro atoms. The van der Waals surface area contributed by atoms with Crippen molar-refractivity contribution < 1.29 is 14.3 Å². The molecule has 2 aromatic heterocycles. The third-order valence-electron chi connectivity index (χ3n) is 4.61. The summed E-state index contributed by atoms with van der Waals surface area (Å²) in [5, 5.41) is 7.82. The summed E-state index contributed by atoms with van der Waals surface area (Å²) in [5.41, 5.74) is 1.83. The number of amides is 1. The Kier molecular flexibility index (Phi) is 6.57. The highest BCUT2D eigenvalue weighted by molar-refractivity contribution is 6.03. The highest BCUT2D eigenvalue weighted by Crippen LogP contribution is 2.24. The van der Waals surface area contributed by atoms with Crippen molar-refractivity contribution in [2.75, 3.05) is 6.61 Å². The van der Waals surface area contributed by atoms with Gasteiger partial charge in [0, 0.05) is 17.8 Å². The van der Waals surface area contributed by atoms with Crippen LogP contribution in [0.25, 0.3) is 11.0 Å². The van der Waals surface area contributed by atoms with Crippen molar-refractivity contribution in [3.05, 3.63) is 23.5 Å². The first-order chi connectivity index (χ1) is 12.6. The smallest absolute Gasteiger partial charge is 0.339 e. The largest absolute Gasteiger partial charge is 0.452 e. The molecule has 2 rings (SSSR count). The van der Waals surface area contributed by atoms with E-state index >= 15 is 0 Å². The zero-order valence-electron chi connectivity index (χ0n) is 17.2. The minimum atomic E-state index is -0.542. The number of hydrogen-bond acceptors (Lipinski definition) is 5. The molecule has 0 saturated heterocycles. The second kappa shape index (κ2) is 8.50. The summed E-state index contributed by atoms with van der Waals surface area (Å²) in [6.07, 6.45) is 1.63. The summed E-state index contributed by atoms with van der Waals surface area (Å²) in [6.45, 7) is 13.7. The Balaban J connectivity index is 2.26. The molecule has 27 heavy (non-hydrogen) atoms. The standard InChI is InChI=1S/C20H30N4O3/c1-11(2)14(7)22-18(25)10-27-20(26)15-8-17(12(3)4)23-19-16(15)9-21-24(19)13(5)6/h8-9,11-14H,10H2,1-7H3,(H,22,25)/t14-/m0/s1. The number of fused-ring (bicyclic) bond motifs is 1. The first-order valence-corrected chi connectivity index (χ1v) is 9.46. The van der Waals surface area contributed by atoms with Crippen LogP contribution in [0.4, 0.5) is 0 Å². The van der Waals surface area contributed by atoms with Gasteiger partial charge in [-0.3, -0.25) is 4.79 Å². The number of carbonyl (C=O) groups is 2. The van der Waals surface area contributed by atoms with E-state index < -0.39 is 5.97 Å². The van der Waals surface area contributed by atoms with Gasteiger partial charge < -0.3 is 10.1 Å². The lowest BCUT2D eigenvalue weighted by atomic mass is 10.1.